The SMILES string of the molecule is CCc1cc(B(O)O)c(OC)cc1OCCN(C)C. The molecule has 1 aromatic rings. The Balaban J connectivity index is 2.96. The monoisotopic (exact) mass is 267 g/mol. The van der Waals surface area contributed by atoms with E-state index in [0.29, 0.717) is 17.8 Å². The van der Waals surface area contributed by atoms with E-state index < -0.39 is 7.12 Å². The molecule has 0 fully saturated rings. The molecule has 0 amide bonds. The minimum atomic E-state index is -1.55. The molecule has 0 saturated heterocycles. The fourth-order valence-corrected chi connectivity index (χ4v) is 1.75. The maximum absolute atomic E-state index is 9.32. The first-order valence-electron chi connectivity index (χ1n) is 6.34. The van der Waals surface area contributed by atoms with E-state index in [2.05, 4.69) is 0 Å². The molecule has 0 unspecified atom stereocenters. The Kier molecular flexibility index (Phi) is 6.14. The van der Waals surface area contributed by atoms with Crippen LogP contribution in [0.2, 0.25) is 0 Å². The van der Waals surface area contributed by atoms with Crippen molar-refractivity contribution in [1.82, 2.24) is 4.90 Å². The molecule has 6 heteroatoms. The van der Waals surface area contributed by atoms with Crippen molar-refractivity contribution in [2.45, 2.75) is 13.3 Å². The lowest BCUT2D eigenvalue weighted by atomic mass is 9.78. The summed E-state index contributed by atoms with van der Waals surface area (Å²) in [5.74, 6) is 1.15. The lowest BCUT2D eigenvalue weighted by Crippen LogP contribution is -2.31. The summed E-state index contributed by atoms with van der Waals surface area (Å²) in [5.41, 5.74) is 1.29. The van der Waals surface area contributed by atoms with E-state index in [9.17, 15) is 10.0 Å². The Morgan fingerprint density at radius 1 is 1.21 bits per heavy atom. The molecule has 19 heavy (non-hydrogen) atoms. The summed E-state index contributed by atoms with van der Waals surface area (Å²) in [5, 5.41) is 18.6. The van der Waals surface area contributed by atoms with E-state index in [4.69, 9.17) is 9.47 Å². The molecule has 0 aromatic heterocycles. The van der Waals surface area contributed by atoms with Gasteiger partial charge in [-0.2, -0.15) is 0 Å². The van der Waals surface area contributed by atoms with Gasteiger partial charge in [-0.25, -0.2) is 0 Å². The van der Waals surface area contributed by atoms with Crippen molar-refractivity contribution in [3.63, 3.8) is 0 Å². The fourth-order valence-electron chi connectivity index (χ4n) is 1.75. The largest absolute Gasteiger partial charge is 0.497 e. The van der Waals surface area contributed by atoms with E-state index in [0.717, 1.165) is 24.3 Å². The molecule has 0 heterocycles. The molecule has 5 nitrogen and oxygen atoms in total. The second kappa shape index (κ2) is 7.38. The number of likely N-dealkylation sites (N-methyl/N-ethyl adjacent to an activating group) is 1. The van der Waals surface area contributed by atoms with Crippen LogP contribution in [0.15, 0.2) is 12.1 Å². The minimum Gasteiger partial charge on any atom is -0.497 e. The summed E-state index contributed by atoms with van der Waals surface area (Å²) in [4.78, 5) is 2.04. The van der Waals surface area contributed by atoms with Crippen LogP contribution in [-0.4, -0.2) is 56.4 Å². The molecule has 0 aliphatic heterocycles. The molecule has 1 rings (SSSR count). The second-order valence-electron chi connectivity index (χ2n) is 4.58. The number of methoxy groups -OCH3 is 1. The van der Waals surface area contributed by atoms with Crippen LogP contribution in [0.5, 0.6) is 11.5 Å². The molecule has 0 radical (unpaired) electrons. The highest BCUT2D eigenvalue weighted by Gasteiger charge is 2.20. The van der Waals surface area contributed by atoms with Crippen molar-refractivity contribution >= 4 is 12.6 Å². The highest BCUT2D eigenvalue weighted by Crippen LogP contribution is 2.24. The summed E-state index contributed by atoms with van der Waals surface area (Å²) in [6.07, 6.45) is 0.751. The van der Waals surface area contributed by atoms with Gasteiger partial charge in [-0.05, 0) is 26.1 Å². The third kappa shape index (κ3) is 4.42. The number of hydrogen-bond acceptors (Lipinski definition) is 5. The summed E-state index contributed by atoms with van der Waals surface area (Å²) in [6.45, 7) is 3.38. The van der Waals surface area contributed by atoms with Crippen molar-refractivity contribution in [3.8, 4) is 11.5 Å². The van der Waals surface area contributed by atoms with Crippen LogP contribution in [-0.2, 0) is 6.42 Å². The van der Waals surface area contributed by atoms with Crippen LogP contribution in [0.4, 0.5) is 0 Å². The third-order valence-corrected chi connectivity index (χ3v) is 2.87. The van der Waals surface area contributed by atoms with Gasteiger partial charge in [0.1, 0.15) is 18.1 Å². The predicted molar refractivity (Wildman–Crippen MR) is 76.2 cm³/mol. The Hall–Kier alpha value is -1.24. The van der Waals surface area contributed by atoms with Crippen molar-refractivity contribution < 1.29 is 19.5 Å². The normalized spacial score (nSPS) is 10.7. The van der Waals surface area contributed by atoms with Crippen LogP contribution in [0.3, 0.4) is 0 Å². The Morgan fingerprint density at radius 2 is 1.89 bits per heavy atom. The van der Waals surface area contributed by atoms with Crippen molar-refractivity contribution in [2.24, 2.45) is 0 Å². The van der Waals surface area contributed by atoms with Crippen LogP contribution < -0.4 is 14.9 Å². The van der Waals surface area contributed by atoms with Crippen molar-refractivity contribution in [3.05, 3.63) is 17.7 Å². The third-order valence-electron chi connectivity index (χ3n) is 2.87. The topological polar surface area (TPSA) is 62.2 Å². The molecular weight excluding hydrogens is 245 g/mol. The van der Waals surface area contributed by atoms with E-state index in [1.165, 1.54) is 7.11 Å². The molecule has 0 aliphatic rings. The van der Waals surface area contributed by atoms with E-state index >= 15 is 0 Å². The lowest BCUT2D eigenvalue weighted by molar-refractivity contribution is 0.258. The number of aryl methyl sites for hydroxylation is 1. The number of nitrogens with zero attached hydrogens (tertiary/aromatic N) is 1. The van der Waals surface area contributed by atoms with Crippen LogP contribution in [0.25, 0.3) is 0 Å². The quantitative estimate of drug-likeness (QED) is 0.674. The van der Waals surface area contributed by atoms with Gasteiger partial charge in [0.05, 0.1) is 7.11 Å². The fraction of sp³-hybridized carbons (Fsp3) is 0.538. The number of benzene rings is 1. The van der Waals surface area contributed by atoms with Crippen LogP contribution in [0.1, 0.15) is 12.5 Å². The number of rotatable bonds is 7. The van der Waals surface area contributed by atoms with Crippen LogP contribution >= 0.6 is 0 Å². The van der Waals surface area contributed by atoms with Gasteiger partial charge in [-0.1, -0.05) is 13.0 Å². The molecule has 0 bridgehead atoms. The Labute approximate surface area is 114 Å². The summed E-state index contributed by atoms with van der Waals surface area (Å²) < 4.78 is 10.9. The van der Waals surface area contributed by atoms with Crippen molar-refractivity contribution in [1.29, 1.82) is 0 Å². The smallest absolute Gasteiger partial charge is 0.492 e. The summed E-state index contributed by atoms with van der Waals surface area (Å²) in [7, 11) is 3.92. The lowest BCUT2D eigenvalue weighted by Gasteiger charge is -2.16. The van der Waals surface area contributed by atoms with E-state index in [1.807, 2.05) is 25.9 Å². The van der Waals surface area contributed by atoms with Gasteiger partial charge < -0.3 is 24.4 Å². The summed E-state index contributed by atoms with van der Waals surface area (Å²) >= 11 is 0. The maximum Gasteiger partial charge on any atom is 0.492 e. The second-order valence-corrected chi connectivity index (χ2v) is 4.58. The zero-order valence-electron chi connectivity index (χ0n) is 12.0. The molecule has 106 valence electrons. The molecule has 0 saturated carbocycles. The molecule has 1 aromatic carbocycles. The standard InChI is InChI=1S/C13H22BNO4/c1-5-10-8-11(14(16)17)13(18-4)9-12(10)19-7-6-15(2)3/h8-9,16-17H,5-7H2,1-4H3. The zero-order chi connectivity index (χ0) is 14.4. The highest BCUT2D eigenvalue weighted by molar-refractivity contribution is 6.59. The first-order valence-corrected chi connectivity index (χ1v) is 6.34. The van der Waals surface area contributed by atoms with Gasteiger partial charge in [-0.3, -0.25) is 0 Å². The van der Waals surface area contributed by atoms with E-state index in [1.54, 1.807) is 12.1 Å². The van der Waals surface area contributed by atoms with Crippen LogP contribution in [0, 0.1) is 0 Å². The number of ether oxygens (including phenoxy) is 2. The first-order chi connectivity index (χ1) is 8.99. The average Bonchev–Trinajstić information content (AvgIpc) is 2.37. The molecule has 0 atom stereocenters. The van der Waals surface area contributed by atoms with Gasteiger partial charge in [0.2, 0.25) is 0 Å². The molecule has 2 N–H and O–H groups in total. The van der Waals surface area contributed by atoms with Gasteiger partial charge in [0.25, 0.3) is 0 Å². The zero-order valence-corrected chi connectivity index (χ0v) is 12.0. The van der Waals surface area contributed by atoms with Gasteiger partial charge in [-0.15, -0.1) is 0 Å². The minimum absolute atomic E-state index is 0.360. The molecule has 0 spiro atoms. The average molecular weight is 267 g/mol. The van der Waals surface area contributed by atoms with Gasteiger partial charge in [0, 0.05) is 18.1 Å². The Bertz CT molecular complexity index is 410. The molecular formula is C13H22BNO4. The van der Waals surface area contributed by atoms with Gasteiger partial charge in [0.15, 0.2) is 0 Å². The maximum atomic E-state index is 9.32. The summed E-state index contributed by atoms with van der Waals surface area (Å²) in [6, 6.07) is 3.43. The predicted octanol–water partition coefficient (Wildman–Crippen LogP) is -0.122. The molecule has 0 aliphatic carbocycles. The van der Waals surface area contributed by atoms with Gasteiger partial charge >= 0.3 is 7.12 Å². The number of hydrogen-bond donors (Lipinski definition) is 2. The highest BCUT2D eigenvalue weighted by atomic mass is 16.5. The first kappa shape index (κ1) is 15.8. The Morgan fingerprint density at radius 3 is 2.37 bits per heavy atom. The van der Waals surface area contributed by atoms with Crippen molar-refractivity contribution in [2.75, 3.05) is 34.4 Å². The van der Waals surface area contributed by atoms with E-state index in [-0.39, 0.29) is 0 Å².